The van der Waals surface area contributed by atoms with Crippen molar-refractivity contribution in [3.63, 3.8) is 0 Å². The maximum Gasteiger partial charge on any atom is 0.268 e. The zero-order valence-corrected chi connectivity index (χ0v) is 11.0. The molecule has 1 aliphatic heterocycles. The number of hydrogen-bond acceptors (Lipinski definition) is 3. The number of aryl methyl sites for hydroxylation is 1. The molecule has 0 N–H and O–H groups in total. The Morgan fingerprint density at radius 3 is 2.35 bits per heavy atom. The molecule has 0 radical (unpaired) electrons. The predicted octanol–water partition coefficient (Wildman–Crippen LogP) is 3.67. The van der Waals surface area contributed by atoms with Gasteiger partial charge in [0.15, 0.2) is 0 Å². The Hall–Kier alpha value is -2.68. The molecule has 0 saturated carbocycles. The Bertz CT molecular complexity index is 698. The van der Waals surface area contributed by atoms with Crippen molar-refractivity contribution in [2.75, 3.05) is 0 Å². The van der Waals surface area contributed by atoms with Gasteiger partial charge in [-0.25, -0.2) is 4.99 Å². The number of rotatable bonds is 2. The third kappa shape index (κ3) is 2.52. The van der Waals surface area contributed by atoms with E-state index in [1.165, 1.54) is 6.08 Å². The first-order chi connectivity index (χ1) is 9.72. The summed E-state index contributed by atoms with van der Waals surface area (Å²) in [6.07, 6.45) is 1.48. The standard InChI is InChI=1S/C17H13NO2/c1-12-7-9-13(10-8-12)16-11-15(19)17(20-16)18-14-5-3-2-4-6-14/h2-11H,1H3. The number of hydrogen-bond donors (Lipinski definition) is 0. The highest BCUT2D eigenvalue weighted by molar-refractivity contribution is 6.45. The van der Waals surface area contributed by atoms with Gasteiger partial charge in [0.05, 0.1) is 5.69 Å². The molecular weight excluding hydrogens is 250 g/mol. The van der Waals surface area contributed by atoms with Crippen LogP contribution in [0.1, 0.15) is 11.1 Å². The topological polar surface area (TPSA) is 38.7 Å². The first-order valence-electron chi connectivity index (χ1n) is 6.37. The van der Waals surface area contributed by atoms with Crippen molar-refractivity contribution in [2.24, 2.45) is 4.99 Å². The van der Waals surface area contributed by atoms with Gasteiger partial charge in [-0.15, -0.1) is 0 Å². The largest absolute Gasteiger partial charge is 0.435 e. The van der Waals surface area contributed by atoms with Crippen LogP contribution in [0.3, 0.4) is 0 Å². The minimum atomic E-state index is -0.204. The van der Waals surface area contributed by atoms with E-state index in [2.05, 4.69) is 4.99 Å². The summed E-state index contributed by atoms with van der Waals surface area (Å²) in [6, 6.07) is 17.1. The first kappa shape index (κ1) is 12.4. The van der Waals surface area contributed by atoms with E-state index in [9.17, 15) is 4.79 Å². The number of carbonyl (C=O) groups is 1. The molecule has 0 atom stereocenters. The fourth-order valence-electron chi connectivity index (χ4n) is 1.92. The number of aliphatic imine (C=N–C) groups is 1. The van der Waals surface area contributed by atoms with Crippen LogP contribution in [-0.4, -0.2) is 11.7 Å². The highest BCUT2D eigenvalue weighted by Gasteiger charge is 2.23. The molecule has 98 valence electrons. The van der Waals surface area contributed by atoms with Crippen LogP contribution < -0.4 is 0 Å². The van der Waals surface area contributed by atoms with Crippen molar-refractivity contribution in [3.8, 4) is 0 Å². The second-order valence-electron chi connectivity index (χ2n) is 4.59. The third-order valence-electron chi connectivity index (χ3n) is 3.00. The Balaban J connectivity index is 1.86. The summed E-state index contributed by atoms with van der Waals surface area (Å²) in [6.45, 7) is 2.01. The molecule has 0 aliphatic carbocycles. The van der Waals surface area contributed by atoms with Crippen LogP contribution in [0.5, 0.6) is 0 Å². The maximum atomic E-state index is 11.9. The predicted molar refractivity (Wildman–Crippen MR) is 78.8 cm³/mol. The fraction of sp³-hybridized carbons (Fsp3) is 0.0588. The first-order valence-corrected chi connectivity index (χ1v) is 6.37. The molecule has 2 aromatic carbocycles. The zero-order valence-electron chi connectivity index (χ0n) is 11.0. The van der Waals surface area contributed by atoms with Crippen molar-refractivity contribution in [3.05, 3.63) is 71.8 Å². The number of benzene rings is 2. The second kappa shape index (κ2) is 5.13. The molecule has 3 nitrogen and oxygen atoms in total. The molecule has 0 aromatic heterocycles. The number of ketones is 1. The van der Waals surface area contributed by atoms with Crippen LogP contribution in [-0.2, 0) is 9.53 Å². The van der Waals surface area contributed by atoms with Crippen LogP contribution in [0.4, 0.5) is 5.69 Å². The van der Waals surface area contributed by atoms with Crippen molar-refractivity contribution < 1.29 is 9.53 Å². The summed E-state index contributed by atoms with van der Waals surface area (Å²) in [4.78, 5) is 16.1. The number of ether oxygens (including phenoxy) is 1. The Labute approximate surface area is 117 Å². The summed E-state index contributed by atoms with van der Waals surface area (Å²) in [5.41, 5.74) is 2.74. The van der Waals surface area contributed by atoms with Crippen LogP contribution in [0, 0.1) is 6.92 Å². The molecular formula is C17H13NO2. The monoisotopic (exact) mass is 263 g/mol. The second-order valence-corrected chi connectivity index (χ2v) is 4.59. The molecule has 1 aliphatic rings. The molecule has 0 unspecified atom stereocenters. The van der Waals surface area contributed by atoms with Gasteiger partial charge in [-0.05, 0) is 19.1 Å². The van der Waals surface area contributed by atoms with E-state index in [1.54, 1.807) is 0 Å². The van der Waals surface area contributed by atoms with E-state index in [0.29, 0.717) is 11.4 Å². The van der Waals surface area contributed by atoms with Crippen LogP contribution in [0.2, 0.25) is 0 Å². The van der Waals surface area contributed by atoms with Gasteiger partial charge in [0.2, 0.25) is 5.78 Å². The molecule has 3 rings (SSSR count). The van der Waals surface area contributed by atoms with Crippen LogP contribution >= 0.6 is 0 Å². The summed E-state index contributed by atoms with van der Waals surface area (Å²) < 4.78 is 5.57. The number of carbonyl (C=O) groups excluding carboxylic acids is 1. The van der Waals surface area contributed by atoms with E-state index in [4.69, 9.17) is 4.74 Å². The highest BCUT2D eigenvalue weighted by Crippen LogP contribution is 2.24. The van der Waals surface area contributed by atoms with Gasteiger partial charge < -0.3 is 4.74 Å². The lowest BCUT2D eigenvalue weighted by Gasteiger charge is -2.04. The van der Waals surface area contributed by atoms with Gasteiger partial charge in [-0.1, -0.05) is 48.0 Å². The molecule has 0 spiro atoms. The minimum Gasteiger partial charge on any atom is -0.435 e. The molecule has 2 aromatic rings. The lowest BCUT2D eigenvalue weighted by atomic mass is 10.1. The molecule has 0 saturated heterocycles. The van der Waals surface area contributed by atoms with Crippen LogP contribution in [0.25, 0.3) is 5.76 Å². The minimum absolute atomic E-state index is 0.117. The summed E-state index contributed by atoms with van der Waals surface area (Å²) in [7, 11) is 0. The SMILES string of the molecule is Cc1ccc(C2=CC(=O)C(=Nc3ccccc3)O2)cc1. The molecule has 1 heterocycles. The Kier molecular flexibility index (Phi) is 3.17. The molecule has 20 heavy (non-hydrogen) atoms. The van der Waals surface area contributed by atoms with Gasteiger partial charge in [0, 0.05) is 11.6 Å². The summed E-state index contributed by atoms with van der Waals surface area (Å²) in [5.74, 6) is 0.459. The van der Waals surface area contributed by atoms with Gasteiger partial charge in [-0.3, -0.25) is 4.79 Å². The lowest BCUT2D eigenvalue weighted by molar-refractivity contribution is -0.109. The molecule has 0 amide bonds. The zero-order chi connectivity index (χ0) is 13.9. The summed E-state index contributed by atoms with van der Waals surface area (Å²) in [5, 5.41) is 0. The van der Waals surface area contributed by atoms with E-state index < -0.39 is 0 Å². The molecule has 0 bridgehead atoms. The van der Waals surface area contributed by atoms with Gasteiger partial charge >= 0.3 is 0 Å². The van der Waals surface area contributed by atoms with E-state index >= 15 is 0 Å². The Morgan fingerprint density at radius 2 is 1.65 bits per heavy atom. The maximum absolute atomic E-state index is 11.9. The van der Waals surface area contributed by atoms with Gasteiger partial charge in [-0.2, -0.15) is 0 Å². The van der Waals surface area contributed by atoms with Crippen molar-refractivity contribution in [1.29, 1.82) is 0 Å². The van der Waals surface area contributed by atoms with Gasteiger partial charge in [0.1, 0.15) is 5.76 Å². The number of nitrogens with zero attached hydrogens (tertiary/aromatic N) is 1. The summed E-state index contributed by atoms with van der Waals surface area (Å²) >= 11 is 0. The molecule has 0 fully saturated rings. The average molecular weight is 263 g/mol. The smallest absolute Gasteiger partial charge is 0.268 e. The molecule has 3 heteroatoms. The van der Waals surface area contributed by atoms with E-state index in [-0.39, 0.29) is 11.7 Å². The average Bonchev–Trinajstić information content (AvgIpc) is 2.82. The quantitative estimate of drug-likeness (QED) is 0.829. The van der Waals surface area contributed by atoms with E-state index in [1.807, 2.05) is 61.5 Å². The highest BCUT2D eigenvalue weighted by atomic mass is 16.5. The third-order valence-corrected chi connectivity index (χ3v) is 3.00. The van der Waals surface area contributed by atoms with Crippen molar-refractivity contribution >= 4 is 23.1 Å². The fourth-order valence-corrected chi connectivity index (χ4v) is 1.92. The van der Waals surface area contributed by atoms with Crippen molar-refractivity contribution in [2.45, 2.75) is 6.92 Å². The lowest BCUT2D eigenvalue weighted by Crippen LogP contribution is -2.06. The van der Waals surface area contributed by atoms with Crippen molar-refractivity contribution in [1.82, 2.24) is 0 Å². The normalized spacial score (nSPS) is 16.1. The Morgan fingerprint density at radius 1 is 0.950 bits per heavy atom. The number of para-hydroxylation sites is 1. The van der Waals surface area contributed by atoms with Gasteiger partial charge in [0.25, 0.3) is 5.90 Å². The van der Waals surface area contributed by atoms with E-state index in [0.717, 1.165) is 11.1 Å². The van der Waals surface area contributed by atoms with Crippen LogP contribution in [0.15, 0.2) is 65.7 Å².